The fourth-order valence-corrected chi connectivity index (χ4v) is 2.36. The summed E-state index contributed by atoms with van der Waals surface area (Å²) in [7, 11) is 1.63. The molecule has 94 valence electrons. The summed E-state index contributed by atoms with van der Waals surface area (Å²) in [5.41, 5.74) is 6.71. The second-order valence-electron chi connectivity index (χ2n) is 4.37. The van der Waals surface area contributed by atoms with Gasteiger partial charge in [-0.25, -0.2) is 4.98 Å². The minimum absolute atomic E-state index is 0.468. The molecular weight excluding hydrogens is 216 g/mol. The third-order valence-corrected chi connectivity index (χ3v) is 3.30. The van der Waals surface area contributed by atoms with Crippen LogP contribution in [0.3, 0.4) is 0 Å². The summed E-state index contributed by atoms with van der Waals surface area (Å²) in [4.78, 5) is 10.9. The van der Waals surface area contributed by atoms with Gasteiger partial charge in [0.05, 0.1) is 7.11 Å². The van der Waals surface area contributed by atoms with E-state index in [1.807, 2.05) is 0 Å². The number of nitrogens with zero attached hydrogens (tertiary/aromatic N) is 3. The van der Waals surface area contributed by atoms with Crippen molar-refractivity contribution < 1.29 is 4.74 Å². The van der Waals surface area contributed by atoms with Gasteiger partial charge in [0, 0.05) is 31.5 Å². The standard InChI is InChI=1S/C12H20N4O/c1-17-12-11(14-5-6-15-12)9-16-7-3-2-4-10(16)8-13/h5-6,10H,2-4,7-9,13H2,1H3/t10-/m1/s1. The number of likely N-dealkylation sites (tertiary alicyclic amines) is 1. The van der Waals surface area contributed by atoms with Crippen LogP contribution in [-0.4, -0.2) is 41.1 Å². The number of methoxy groups -OCH3 is 1. The predicted octanol–water partition coefficient (Wildman–Crippen LogP) is 0.798. The van der Waals surface area contributed by atoms with E-state index in [4.69, 9.17) is 10.5 Å². The van der Waals surface area contributed by atoms with E-state index < -0.39 is 0 Å². The summed E-state index contributed by atoms with van der Waals surface area (Å²) < 4.78 is 5.22. The Balaban J connectivity index is 2.08. The third kappa shape index (κ3) is 2.92. The van der Waals surface area contributed by atoms with Gasteiger partial charge in [-0.05, 0) is 19.4 Å². The minimum Gasteiger partial charge on any atom is -0.480 e. The smallest absolute Gasteiger partial charge is 0.236 e. The van der Waals surface area contributed by atoms with E-state index in [0.717, 1.165) is 18.8 Å². The van der Waals surface area contributed by atoms with Crippen molar-refractivity contribution in [2.75, 3.05) is 20.2 Å². The van der Waals surface area contributed by atoms with Crippen LogP contribution in [0, 0.1) is 0 Å². The van der Waals surface area contributed by atoms with Crippen LogP contribution in [0.1, 0.15) is 25.0 Å². The molecule has 0 radical (unpaired) electrons. The van der Waals surface area contributed by atoms with E-state index in [1.165, 1.54) is 19.3 Å². The van der Waals surface area contributed by atoms with Crippen molar-refractivity contribution in [3.05, 3.63) is 18.1 Å². The van der Waals surface area contributed by atoms with Crippen LogP contribution < -0.4 is 10.5 Å². The topological polar surface area (TPSA) is 64.3 Å². The Labute approximate surface area is 102 Å². The quantitative estimate of drug-likeness (QED) is 0.837. The maximum atomic E-state index is 5.81. The zero-order chi connectivity index (χ0) is 12.1. The molecule has 1 aliphatic heterocycles. The first-order valence-electron chi connectivity index (χ1n) is 6.13. The highest BCUT2D eigenvalue weighted by Crippen LogP contribution is 2.21. The van der Waals surface area contributed by atoms with E-state index >= 15 is 0 Å². The largest absolute Gasteiger partial charge is 0.480 e. The first-order valence-corrected chi connectivity index (χ1v) is 6.13. The number of ether oxygens (including phenoxy) is 1. The van der Waals surface area contributed by atoms with Gasteiger partial charge in [0.15, 0.2) is 0 Å². The minimum atomic E-state index is 0.468. The zero-order valence-corrected chi connectivity index (χ0v) is 10.3. The molecule has 17 heavy (non-hydrogen) atoms. The highest BCUT2D eigenvalue weighted by molar-refractivity contribution is 5.17. The first kappa shape index (κ1) is 12.3. The Morgan fingerprint density at radius 3 is 3.00 bits per heavy atom. The molecule has 1 aromatic heterocycles. The molecule has 0 aliphatic carbocycles. The molecule has 1 fully saturated rings. The van der Waals surface area contributed by atoms with Gasteiger partial charge in [-0.3, -0.25) is 9.88 Å². The Bertz CT molecular complexity index is 358. The van der Waals surface area contributed by atoms with Crippen molar-refractivity contribution >= 4 is 0 Å². The van der Waals surface area contributed by atoms with E-state index in [2.05, 4.69) is 14.9 Å². The molecule has 0 unspecified atom stereocenters. The lowest BCUT2D eigenvalue weighted by atomic mass is 10.0. The van der Waals surface area contributed by atoms with Gasteiger partial charge in [-0.1, -0.05) is 6.42 Å². The fourth-order valence-electron chi connectivity index (χ4n) is 2.36. The van der Waals surface area contributed by atoms with Gasteiger partial charge in [0.2, 0.25) is 5.88 Å². The van der Waals surface area contributed by atoms with Crippen molar-refractivity contribution in [1.29, 1.82) is 0 Å². The fraction of sp³-hybridized carbons (Fsp3) is 0.667. The number of piperidine rings is 1. The van der Waals surface area contributed by atoms with Crippen LogP contribution in [0.5, 0.6) is 5.88 Å². The molecule has 5 heteroatoms. The second-order valence-corrected chi connectivity index (χ2v) is 4.37. The van der Waals surface area contributed by atoms with Crippen molar-refractivity contribution in [3.63, 3.8) is 0 Å². The van der Waals surface area contributed by atoms with Crippen molar-refractivity contribution in [3.8, 4) is 5.88 Å². The lowest BCUT2D eigenvalue weighted by Crippen LogP contribution is -2.43. The molecule has 1 saturated heterocycles. The van der Waals surface area contributed by atoms with Crippen LogP contribution in [0.4, 0.5) is 0 Å². The summed E-state index contributed by atoms with van der Waals surface area (Å²) in [5, 5.41) is 0. The van der Waals surface area contributed by atoms with E-state index in [1.54, 1.807) is 19.5 Å². The molecule has 0 spiro atoms. The van der Waals surface area contributed by atoms with Crippen LogP contribution in [0.25, 0.3) is 0 Å². The van der Waals surface area contributed by atoms with Crippen LogP contribution in [-0.2, 0) is 6.54 Å². The zero-order valence-electron chi connectivity index (χ0n) is 10.3. The Morgan fingerprint density at radius 2 is 2.24 bits per heavy atom. The van der Waals surface area contributed by atoms with Gasteiger partial charge in [-0.15, -0.1) is 0 Å². The molecule has 2 heterocycles. The summed E-state index contributed by atoms with van der Waals surface area (Å²) in [6.07, 6.45) is 7.05. The van der Waals surface area contributed by atoms with Crippen LogP contribution >= 0.6 is 0 Å². The lowest BCUT2D eigenvalue weighted by Gasteiger charge is -2.34. The lowest BCUT2D eigenvalue weighted by molar-refractivity contribution is 0.141. The predicted molar refractivity (Wildman–Crippen MR) is 65.7 cm³/mol. The Morgan fingerprint density at radius 1 is 1.41 bits per heavy atom. The molecule has 0 bridgehead atoms. The normalized spacial score (nSPS) is 21.4. The van der Waals surface area contributed by atoms with Crippen molar-refractivity contribution in [2.45, 2.75) is 31.8 Å². The van der Waals surface area contributed by atoms with Gasteiger partial charge in [-0.2, -0.15) is 0 Å². The van der Waals surface area contributed by atoms with E-state index in [9.17, 15) is 0 Å². The molecule has 5 nitrogen and oxygen atoms in total. The monoisotopic (exact) mass is 236 g/mol. The average molecular weight is 236 g/mol. The first-order chi connectivity index (χ1) is 8.35. The molecule has 1 aromatic rings. The third-order valence-electron chi connectivity index (χ3n) is 3.30. The van der Waals surface area contributed by atoms with Gasteiger partial charge in [0.25, 0.3) is 0 Å². The van der Waals surface area contributed by atoms with Crippen molar-refractivity contribution in [1.82, 2.24) is 14.9 Å². The second kappa shape index (κ2) is 5.93. The van der Waals surface area contributed by atoms with Crippen LogP contribution in [0.15, 0.2) is 12.4 Å². The van der Waals surface area contributed by atoms with Gasteiger partial charge in [0.1, 0.15) is 5.69 Å². The Kier molecular flexibility index (Phi) is 4.28. The summed E-state index contributed by atoms with van der Waals surface area (Å²) in [5.74, 6) is 0.619. The summed E-state index contributed by atoms with van der Waals surface area (Å²) >= 11 is 0. The Hall–Kier alpha value is -1.20. The number of rotatable bonds is 4. The molecule has 0 amide bonds. The molecule has 2 rings (SSSR count). The molecule has 0 saturated carbocycles. The van der Waals surface area contributed by atoms with Gasteiger partial charge < -0.3 is 10.5 Å². The van der Waals surface area contributed by atoms with E-state index in [0.29, 0.717) is 18.5 Å². The SMILES string of the molecule is COc1nccnc1CN1CCCC[C@@H]1CN. The van der Waals surface area contributed by atoms with Gasteiger partial charge >= 0.3 is 0 Å². The molecular formula is C12H20N4O. The number of aromatic nitrogens is 2. The van der Waals surface area contributed by atoms with Crippen molar-refractivity contribution in [2.24, 2.45) is 5.73 Å². The number of hydrogen-bond donors (Lipinski definition) is 1. The highest BCUT2D eigenvalue weighted by Gasteiger charge is 2.22. The van der Waals surface area contributed by atoms with Crippen LogP contribution in [0.2, 0.25) is 0 Å². The molecule has 0 aromatic carbocycles. The molecule has 1 atom stereocenters. The summed E-state index contributed by atoms with van der Waals surface area (Å²) in [6, 6.07) is 0.468. The average Bonchev–Trinajstić information content (AvgIpc) is 2.40. The highest BCUT2D eigenvalue weighted by atomic mass is 16.5. The maximum absolute atomic E-state index is 5.81. The summed E-state index contributed by atoms with van der Waals surface area (Å²) in [6.45, 7) is 2.57. The molecule has 1 aliphatic rings. The maximum Gasteiger partial charge on any atom is 0.236 e. The molecule has 2 N–H and O–H groups in total. The number of nitrogens with two attached hydrogens (primary N) is 1. The van der Waals surface area contributed by atoms with E-state index in [-0.39, 0.29) is 0 Å². The number of hydrogen-bond acceptors (Lipinski definition) is 5.